The summed E-state index contributed by atoms with van der Waals surface area (Å²) in [5, 5.41) is 0. The maximum Gasteiger partial charge on any atom is 0.332 e. The van der Waals surface area contributed by atoms with Crippen LogP contribution in [0.3, 0.4) is 0 Å². The lowest BCUT2D eigenvalue weighted by Gasteiger charge is -2.02. The van der Waals surface area contributed by atoms with E-state index >= 15 is 0 Å². The van der Waals surface area contributed by atoms with Gasteiger partial charge in [0.2, 0.25) is 0 Å². The summed E-state index contributed by atoms with van der Waals surface area (Å²) in [5.74, 6) is 0. The van der Waals surface area contributed by atoms with Crippen LogP contribution in [-0.4, -0.2) is 37.8 Å². The molecular formula is C15H18N8O4. The molecule has 0 saturated heterocycles. The van der Waals surface area contributed by atoms with Crippen LogP contribution < -0.4 is 22.5 Å². The normalized spacial score (nSPS) is 11.0. The van der Waals surface area contributed by atoms with Crippen molar-refractivity contribution in [1.29, 1.82) is 0 Å². The minimum Gasteiger partial charge on any atom is -0.328 e. The van der Waals surface area contributed by atoms with Gasteiger partial charge in [0, 0.05) is 35.2 Å². The number of nitrogens with zero attached hydrogens (tertiary/aromatic N) is 7. The van der Waals surface area contributed by atoms with Crippen molar-refractivity contribution in [3.63, 3.8) is 0 Å². The number of aromatic nitrogens is 8. The summed E-state index contributed by atoms with van der Waals surface area (Å²) in [6.45, 7) is 0. The van der Waals surface area contributed by atoms with E-state index < -0.39 is 5.69 Å². The molecule has 0 spiro atoms. The highest BCUT2D eigenvalue weighted by Crippen LogP contribution is 2.01. The largest absolute Gasteiger partial charge is 0.332 e. The zero-order valence-corrected chi connectivity index (χ0v) is 15.4. The van der Waals surface area contributed by atoms with Crippen molar-refractivity contribution in [2.75, 3.05) is 0 Å². The predicted octanol–water partition coefficient (Wildman–Crippen LogP) is -2.07. The zero-order valence-electron chi connectivity index (χ0n) is 15.4. The fourth-order valence-corrected chi connectivity index (χ4v) is 2.68. The molecule has 0 unspecified atom stereocenters. The van der Waals surface area contributed by atoms with Crippen molar-refractivity contribution in [1.82, 2.24) is 37.8 Å². The summed E-state index contributed by atoms with van der Waals surface area (Å²) in [6, 6.07) is 0. The second kappa shape index (κ2) is 6.23. The molecule has 0 aliphatic rings. The molecule has 27 heavy (non-hydrogen) atoms. The molecule has 0 aliphatic heterocycles. The third kappa shape index (κ3) is 2.70. The first kappa shape index (κ1) is 18.1. The van der Waals surface area contributed by atoms with Gasteiger partial charge in [-0.05, 0) is 0 Å². The Kier molecular flexibility index (Phi) is 4.18. The topological polar surface area (TPSA) is 134 Å². The van der Waals surface area contributed by atoms with Gasteiger partial charge in [0.05, 0.1) is 12.7 Å². The number of fused-ring (bicyclic) bond motifs is 2. The fourth-order valence-electron chi connectivity index (χ4n) is 2.68. The van der Waals surface area contributed by atoms with Crippen LogP contribution in [0, 0.1) is 0 Å². The number of H-pyrrole nitrogens is 1. The summed E-state index contributed by atoms with van der Waals surface area (Å²) in [4.78, 5) is 56.2. The van der Waals surface area contributed by atoms with Crippen molar-refractivity contribution in [3.05, 3.63) is 54.3 Å². The zero-order chi connectivity index (χ0) is 20.0. The molecule has 12 nitrogen and oxygen atoms in total. The average molecular weight is 374 g/mol. The Hall–Kier alpha value is -3.70. The van der Waals surface area contributed by atoms with Gasteiger partial charge in [0.15, 0.2) is 22.3 Å². The summed E-state index contributed by atoms with van der Waals surface area (Å²) in [5.41, 5.74) is 0.132. The number of aromatic amines is 1. The first-order valence-corrected chi connectivity index (χ1v) is 7.82. The van der Waals surface area contributed by atoms with Gasteiger partial charge in [0.25, 0.3) is 11.1 Å². The van der Waals surface area contributed by atoms with E-state index in [2.05, 4.69) is 15.0 Å². The van der Waals surface area contributed by atoms with Gasteiger partial charge in [-0.2, -0.15) is 0 Å². The smallest absolute Gasteiger partial charge is 0.328 e. The molecule has 0 saturated carbocycles. The third-order valence-electron chi connectivity index (χ3n) is 4.29. The number of hydrogen-bond acceptors (Lipinski definition) is 6. The van der Waals surface area contributed by atoms with Gasteiger partial charge >= 0.3 is 11.4 Å². The van der Waals surface area contributed by atoms with E-state index in [-0.39, 0.29) is 16.8 Å². The Morgan fingerprint density at radius 2 is 1.30 bits per heavy atom. The van der Waals surface area contributed by atoms with Crippen LogP contribution in [-0.2, 0) is 35.2 Å². The fraction of sp³-hybridized carbons (Fsp3) is 0.333. The van der Waals surface area contributed by atoms with Crippen LogP contribution in [0.5, 0.6) is 0 Å². The summed E-state index contributed by atoms with van der Waals surface area (Å²) in [6.07, 6.45) is 3.01. The lowest BCUT2D eigenvalue weighted by Crippen LogP contribution is -2.37. The standard InChI is InChI=1S/C8H10N4O2.C7H8N4O2/c1-10-4-9-6-5(10)7(13)12(3)8(14)11(6)2;1-10-3-8-5-4(10)6(12)11(2)7(13)9-5/h4H,1-3H3;3H,1-2H3,(H,9,13). The highest BCUT2D eigenvalue weighted by atomic mass is 16.2. The van der Waals surface area contributed by atoms with Gasteiger partial charge in [0.1, 0.15) is 0 Å². The summed E-state index contributed by atoms with van der Waals surface area (Å²) < 4.78 is 6.63. The molecule has 4 aromatic rings. The second-order valence-corrected chi connectivity index (χ2v) is 6.08. The average Bonchev–Trinajstić information content (AvgIpc) is 3.20. The molecule has 4 rings (SSSR count). The van der Waals surface area contributed by atoms with Crippen LogP contribution in [0.15, 0.2) is 31.8 Å². The Morgan fingerprint density at radius 1 is 0.741 bits per heavy atom. The van der Waals surface area contributed by atoms with Crippen molar-refractivity contribution < 1.29 is 0 Å². The van der Waals surface area contributed by atoms with Gasteiger partial charge in [-0.25, -0.2) is 19.6 Å². The van der Waals surface area contributed by atoms with Gasteiger partial charge in [-0.3, -0.25) is 28.3 Å². The minimum atomic E-state index is -0.448. The van der Waals surface area contributed by atoms with E-state index in [4.69, 9.17) is 0 Å². The van der Waals surface area contributed by atoms with Crippen LogP contribution in [0.25, 0.3) is 22.3 Å². The first-order valence-electron chi connectivity index (χ1n) is 7.82. The number of nitrogens with one attached hydrogen (secondary N) is 1. The second-order valence-electron chi connectivity index (χ2n) is 6.08. The quantitative estimate of drug-likeness (QED) is 0.376. The Bertz CT molecular complexity index is 1410. The molecule has 0 atom stereocenters. The molecule has 12 heteroatoms. The monoisotopic (exact) mass is 374 g/mol. The van der Waals surface area contributed by atoms with Gasteiger partial charge in [-0.1, -0.05) is 0 Å². The highest BCUT2D eigenvalue weighted by molar-refractivity contribution is 5.70. The molecule has 142 valence electrons. The third-order valence-corrected chi connectivity index (χ3v) is 4.29. The molecule has 1 N–H and O–H groups in total. The Balaban J connectivity index is 0.000000156. The molecule has 4 aromatic heterocycles. The van der Waals surface area contributed by atoms with Gasteiger partial charge in [-0.15, -0.1) is 0 Å². The maximum absolute atomic E-state index is 11.7. The Morgan fingerprint density at radius 3 is 1.96 bits per heavy atom. The number of aryl methyl sites for hydroxylation is 3. The van der Waals surface area contributed by atoms with Crippen molar-refractivity contribution >= 4 is 22.3 Å². The number of imidazole rings is 2. The minimum absolute atomic E-state index is 0.317. The van der Waals surface area contributed by atoms with E-state index in [0.29, 0.717) is 22.3 Å². The van der Waals surface area contributed by atoms with Crippen molar-refractivity contribution in [2.45, 2.75) is 0 Å². The van der Waals surface area contributed by atoms with Crippen molar-refractivity contribution in [2.24, 2.45) is 35.2 Å². The maximum atomic E-state index is 11.7. The van der Waals surface area contributed by atoms with Crippen LogP contribution in [0.4, 0.5) is 0 Å². The molecule has 0 aromatic carbocycles. The number of rotatable bonds is 0. The molecule has 0 radical (unpaired) electrons. The number of hydrogen-bond donors (Lipinski definition) is 1. The lowest BCUT2D eigenvalue weighted by molar-refractivity contribution is 0.705. The molecule has 0 amide bonds. The van der Waals surface area contributed by atoms with Crippen molar-refractivity contribution in [3.8, 4) is 0 Å². The van der Waals surface area contributed by atoms with E-state index in [0.717, 1.165) is 9.13 Å². The molecule has 0 fully saturated rings. The highest BCUT2D eigenvalue weighted by Gasteiger charge is 2.11. The predicted molar refractivity (Wildman–Crippen MR) is 97.8 cm³/mol. The lowest BCUT2D eigenvalue weighted by atomic mass is 10.5. The van der Waals surface area contributed by atoms with Gasteiger partial charge < -0.3 is 9.13 Å². The molecule has 4 heterocycles. The summed E-state index contributed by atoms with van der Waals surface area (Å²) >= 11 is 0. The SMILES string of the molecule is Cn1c(=O)[nH]c2ncn(C)c2c1=O.Cn1c(=O)c2c(ncn2C)n(C)c1=O. The Labute approximate surface area is 150 Å². The van der Waals surface area contributed by atoms with Crippen LogP contribution >= 0.6 is 0 Å². The van der Waals surface area contributed by atoms with E-state index in [1.165, 1.54) is 31.3 Å². The summed E-state index contributed by atoms with van der Waals surface area (Å²) in [7, 11) is 7.90. The van der Waals surface area contributed by atoms with E-state index in [1.807, 2.05) is 0 Å². The van der Waals surface area contributed by atoms with E-state index in [9.17, 15) is 19.2 Å². The van der Waals surface area contributed by atoms with Crippen LogP contribution in [0.1, 0.15) is 0 Å². The van der Waals surface area contributed by atoms with Crippen LogP contribution in [0.2, 0.25) is 0 Å². The van der Waals surface area contributed by atoms with E-state index in [1.54, 1.807) is 30.3 Å². The molecule has 0 aliphatic carbocycles. The molecular weight excluding hydrogens is 356 g/mol. The first-order chi connectivity index (χ1) is 12.6. The molecule has 0 bridgehead atoms.